The first kappa shape index (κ1) is 27.1. The van der Waals surface area contributed by atoms with Crippen LogP contribution in [0.1, 0.15) is 45.8 Å². The Morgan fingerprint density at radius 2 is 1.71 bits per heavy atom. The van der Waals surface area contributed by atoms with Crippen molar-refractivity contribution in [3.63, 3.8) is 0 Å². The molecule has 4 rings (SSSR count). The number of carbonyl (C=O) groups is 1. The Morgan fingerprint density at radius 1 is 1.00 bits per heavy atom. The lowest BCUT2D eigenvalue weighted by Gasteiger charge is -2.21. The van der Waals surface area contributed by atoms with Crippen molar-refractivity contribution < 1.29 is 23.1 Å². The summed E-state index contributed by atoms with van der Waals surface area (Å²) in [5.41, 5.74) is 7.34. The molecule has 5 N–H and O–H groups in total. The Hall–Kier alpha value is -3.99. The van der Waals surface area contributed by atoms with Crippen molar-refractivity contribution in [3.8, 4) is 5.69 Å². The number of anilines is 1. The number of carbonyl (C=O) groups excluding carboxylic acids is 1. The number of amides is 1. The fourth-order valence-corrected chi connectivity index (χ4v) is 4.05. The fraction of sp³-hybridized carbons (Fsp3) is 0.214. The number of aliphatic hydroxyl groups excluding tert-OH is 1. The molecule has 38 heavy (non-hydrogen) atoms. The van der Waals surface area contributed by atoms with Crippen molar-refractivity contribution in [1.82, 2.24) is 15.1 Å². The third-order valence-electron chi connectivity index (χ3n) is 5.85. The van der Waals surface area contributed by atoms with E-state index in [2.05, 4.69) is 15.7 Å². The smallest absolute Gasteiger partial charge is 0.392 e. The Kier molecular flexibility index (Phi) is 8.26. The molecule has 0 fully saturated rings. The van der Waals surface area contributed by atoms with E-state index in [0.717, 1.165) is 21.9 Å². The first-order valence-electron chi connectivity index (χ1n) is 12.0. The van der Waals surface area contributed by atoms with Gasteiger partial charge in [-0.1, -0.05) is 54.6 Å². The van der Waals surface area contributed by atoms with Crippen LogP contribution in [0.2, 0.25) is 0 Å². The number of benzene rings is 3. The number of halogens is 3. The maximum Gasteiger partial charge on any atom is 0.435 e. The largest absolute Gasteiger partial charge is 0.435 e. The molecule has 3 aromatic carbocycles. The molecule has 2 atom stereocenters. The Balaban J connectivity index is 1.67. The lowest BCUT2D eigenvalue weighted by atomic mass is 9.98. The second-order valence-electron chi connectivity index (χ2n) is 8.88. The van der Waals surface area contributed by atoms with Crippen molar-refractivity contribution in [2.75, 3.05) is 11.9 Å². The van der Waals surface area contributed by atoms with Gasteiger partial charge in [-0.25, -0.2) is 4.68 Å². The normalized spacial score (nSPS) is 13.2. The zero-order chi connectivity index (χ0) is 27.3. The molecule has 0 bridgehead atoms. The molecule has 2 unspecified atom stereocenters. The van der Waals surface area contributed by atoms with Gasteiger partial charge in [-0.3, -0.25) is 4.79 Å². The summed E-state index contributed by atoms with van der Waals surface area (Å²) < 4.78 is 41.5. The summed E-state index contributed by atoms with van der Waals surface area (Å²) >= 11 is 0. The van der Waals surface area contributed by atoms with Crippen LogP contribution in [0.5, 0.6) is 0 Å². The number of nitrogens with one attached hydrogen (secondary N) is 2. The number of hydrogen-bond acceptors (Lipinski definition) is 5. The van der Waals surface area contributed by atoms with Crippen molar-refractivity contribution in [3.05, 3.63) is 113 Å². The van der Waals surface area contributed by atoms with Crippen LogP contribution in [0.15, 0.2) is 84.9 Å². The van der Waals surface area contributed by atoms with Gasteiger partial charge in [-0.2, -0.15) is 18.3 Å². The summed E-state index contributed by atoms with van der Waals surface area (Å²) in [6.45, 7) is 2.19. The molecule has 0 radical (unpaired) electrons. The zero-order valence-electron chi connectivity index (χ0n) is 20.6. The van der Waals surface area contributed by atoms with Crippen molar-refractivity contribution >= 4 is 11.6 Å². The number of aromatic nitrogens is 2. The number of hydrogen-bond donors (Lipinski definition) is 4. The highest BCUT2D eigenvalue weighted by atomic mass is 19.4. The number of rotatable bonds is 9. The van der Waals surface area contributed by atoms with Gasteiger partial charge in [0.2, 0.25) is 0 Å². The highest BCUT2D eigenvalue weighted by Crippen LogP contribution is 2.30. The zero-order valence-corrected chi connectivity index (χ0v) is 20.6. The SMILES string of the molecule is CC(O)CNC(c1ccccc1)c1cccc(NC(=O)c2cc(C(F)(F)F)nn2-c2cccc(CN)c2)c1. The van der Waals surface area contributed by atoms with Crippen LogP contribution in [-0.4, -0.2) is 33.4 Å². The molecule has 1 aromatic heterocycles. The minimum Gasteiger partial charge on any atom is -0.392 e. The van der Waals surface area contributed by atoms with Gasteiger partial charge in [0.1, 0.15) is 5.69 Å². The second-order valence-corrected chi connectivity index (χ2v) is 8.88. The predicted octanol–water partition coefficient (Wildman–Crippen LogP) is 4.66. The van der Waals surface area contributed by atoms with Crippen LogP contribution in [0.3, 0.4) is 0 Å². The van der Waals surface area contributed by atoms with Gasteiger partial charge in [0.15, 0.2) is 5.69 Å². The van der Waals surface area contributed by atoms with Gasteiger partial charge in [0.25, 0.3) is 5.91 Å². The van der Waals surface area contributed by atoms with E-state index in [9.17, 15) is 23.1 Å². The molecular weight excluding hydrogens is 495 g/mol. The maximum absolute atomic E-state index is 13.5. The monoisotopic (exact) mass is 523 g/mol. The minimum atomic E-state index is -4.73. The Morgan fingerprint density at radius 3 is 2.39 bits per heavy atom. The van der Waals surface area contributed by atoms with Crippen molar-refractivity contribution in [2.45, 2.75) is 31.8 Å². The third-order valence-corrected chi connectivity index (χ3v) is 5.85. The van der Waals surface area contributed by atoms with Gasteiger partial charge in [-0.15, -0.1) is 0 Å². The summed E-state index contributed by atoms with van der Waals surface area (Å²) in [6, 6.07) is 23.5. The van der Waals surface area contributed by atoms with Crippen molar-refractivity contribution in [1.29, 1.82) is 0 Å². The van der Waals surface area contributed by atoms with E-state index in [1.807, 2.05) is 36.4 Å². The van der Waals surface area contributed by atoms with Crippen LogP contribution in [-0.2, 0) is 12.7 Å². The van der Waals surface area contributed by atoms with E-state index < -0.39 is 23.9 Å². The molecule has 1 amide bonds. The first-order valence-corrected chi connectivity index (χ1v) is 12.0. The summed E-state index contributed by atoms with van der Waals surface area (Å²) in [6.07, 6.45) is -5.31. The van der Waals surface area contributed by atoms with Gasteiger partial charge in [0, 0.05) is 24.8 Å². The Bertz CT molecular complexity index is 1390. The van der Waals surface area contributed by atoms with Gasteiger partial charge >= 0.3 is 6.18 Å². The molecule has 0 aliphatic carbocycles. The average molecular weight is 524 g/mol. The first-order chi connectivity index (χ1) is 18.2. The van der Waals surface area contributed by atoms with Crippen molar-refractivity contribution in [2.24, 2.45) is 5.73 Å². The molecular formula is C28H28F3N5O2. The highest BCUT2D eigenvalue weighted by Gasteiger charge is 2.36. The maximum atomic E-state index is 13.5. The van der Waals surface area contributed by atoms with Gasteiger partial charge < -0.3 is 21.5 Å². The Labute approximate surface area is 218 Å². The molecule has 1 heterocycles. The lowest BCUT2D eigenvalue weighted by Crippen LogP contribution is -2.29. The standard InChI is InChI=1S/C28H28F3N5O2/c1-18(37)17-33-26(20-8-3-2-4-9-20)21-10-6-11-22(14-21)34-27(38)24-15-25(28(29,30)31)35-36(24)23-12-5-7-19(13-23)16-32/h2-15,18,26,33,37H,16-17,32H2,1H3,(H,34,38). The highest BCUT2D eigenvalue weighted by molar-refractivity contribution is 6.03. The minimum absolute atomic E-state index is 0.182. The molecule has 0 spiro atoms. The van der Waals surface area contributed by atoms with Gasteiger partial charge in [-0.05, 0) is 47.9 Å². The van der Waals surface area contributed by atoms with Crippen LogP contribution < -0.4 is 16.4 Å². The number of nitrogens with zero attached hydrogens (tertiary/aromatic N) is 2. The van der Waals surface area contributed by atoms with Gasteiger partial charge in [0.05, 0.1) is 17.8 Å². The number of aliphatic hydroxyl groups is 1. The lowest BCUT2D eigenvalue weighted by molar-refractivity contribution is -0.141. The van der Waals surface area contributed by atoms with E-state index in [-0.39, 0.29) is 24.0 Å². The molecule has 0 aliphatic heterocycles. The number of alkyl halides is 3. The topological polar surface area (TPSA) is 105 Å². The fourth-order valence-electron chi connectivity index (χ4n) is 4.05. The molecule has 4 aromatic rings. The molecule has 198 valence electrons. The van der Waals surface area contributed by atoms with E-state index in [0.29, 0.717) is 17.8 Å². The third kappa shape index (κ3) is 6.46. The van der Waals surface area contributed by atoms with E-state index >= 15 is 0 Å². The molecule has 0 aliphatic rings. The second kappa shape index (κ2) is 11.6. The van der Waals surface area contributed by atoms with Crippen LogP contribution in [0.4, 0.5) is 18.9 Å². The number of nitrogens with two attached hydrogens (primary N) is 1. The summed E-state index contributed by atoms with van der Waals surface area (Å²) in [4.78, 5) is 13.3. The molecule has 0 saturated heterocycles. The summed E-state index contributed by atoms with van der Waals surface area (Å²) in [5.74, 6) is -0.753. The summed E-state index contributed by atoms with van der Waals surface area (Å²) in [7, 11) is 0. The van der Waals surface area contributed by atoms with Crippen LogP contribution in [0.25, 0.3) is 5.69 Å². The van der Waals surface area contributed by atoms with Crippen LogP contribution in [0, 0.1) is 0 Å². The van der Waals surface area contributed by atoms with E-state index in [1.54, 1.807) is 49.4 Å². The quantitative estimate of drug-likeness (QED) is 0.255. The average Bonchev–Trinajstić information content (AvgIpc) is 3.36. The molecule has 10 heteroatoms. The van der Waals surface area contributed by atoms with E-state index in [4.69, 9.17) is 5.73 Å². The van der Waals surface area contributed by atoms with Crippen LogP contribution >= 0.6 is 0 Å². The molecule has 0 saturated carbocycles. The van der Waals surface area contributed by atoms with E-state index in [1.165, 1.54) is 0 Å². The molecule has 7 nitrogen and oxygen atoms in total. The predicted molar refractivity (Wildman–Crippen MR) is 139 cm³/mol. The summed E-state index contributed by atoms with van der Waals surface area (Å²) in [5, 5.41) is 19.5.